The van der Waals surface area contributed by atoms with Crippen molar-refractivity contribution in [2.45, 2.75) is 46.5 Å². The summed E-state index contributed by atoms with van der Waals surface area (Å²) in [6.07, 6.45) is 1.78. The molecule has 114 valence electrons. The predicted molar refractivity (Wildman–Crippen MR) is 72.6 cm³/mol. The van der Waals surface area contributed by atoms with Crippen LogP contribution in [0.25, 0.3) is 0 Å². The van der Waals surface area contributed by atoms with Crippen LogP contribution in [0.1, 0.15) is 34.6 Å². The van der Waals surface area contributed by atoms with Gasteiger partial charge in [-0.05, 0) is 20.8 Å². The Morgan fingerprint density at radius 3 is 2.60 bits per heavy atom. The SMILES string of the molecule is CCOC(=O)/C=C/NC(=O)[C@@H]1OC(C)(C)OCC1(C)C. The summed E-state index contributed by atoms with van der Waals surface area (Å²) in [6, 6.07) is 0. The lowest BCUT2D eigenvalue weighted by molar-refractivity contribution is -0.303. The Bertz CT molecular complexity index is 400. The van der Waals surface area contributed by atoms with E-state index in [9.17, 15) is 9.59 Å². The molecule has 1 N–H and O–H groups in total. The molecular weight excluding hydrogens is 262 g/mol. The van der Waals surface area contributed by atoms with Gasteiger partial charge in [0.25, 0.3) is 5.91 Å². The van der Waals surface area contributed by atoms with E-state index in [1.807, 2.05) is 13.8 Å². The van der Waals surface area contributed by atoms with Gasteiger partial charge in [0.1, 0.15) is 6.10 Å². The van der Waals surface area contributed by atoms with Crippen molar-refractivity contribution in [1.82, 2.24) is 5.32 Å². The van der Waals surface area contributed by atoms with Crippen LogP contribution < -0.4 is 5.32 Å². The van der Waals surface area contributed by atoms with Crippen LogP contribution >= 0.6 is 0 Å². The molecule has 1 amide bonds. The van der Waals surface area contributed by atoms with E-state index in [4.69, 9.17) is 14.2 Å². The lowest BCUT2D eigenvalue weighted by Gasteiger charge is -2.44. The number of amides is 1. The molecule has 6 nitrogen and oxygen atoms in total. The van der Waals surface area contributed by atoms with Gasteiger partial charge in [0, 0.05) is 17.7 Å². The van der Waals surface area contributed by atoms with E-state index in [1.54, 1.807) is 20.8 Å². The fourth-order valence-corrected chi connectivity index (χ4v) is 1.78. The van der Waals surface area contributed by atoms with Crippen molar-refractivity contribution in [3.8, 4) is 0 Å². The normalized spacial score (nSPS) is 24.4. The van der Waals surface area contributed by atoms with Crippen molar-refractivity contribution >= 4 is 11.9 Å². The fourth-order valence-electron chi connectivity index (χ4n) is 1.78. The predicted octanol–water partition coefficient (Wildman–Crippen LogP) is 1.36. The average Bonchev–Trinajstić information content (AvgIpc) is 2.33. The van der Waals surface area contributed by atoms with Crippen molar-refractivity contribution in [2.24, 2.45) is 5.41 Å². The van der Waals surface area contributed by atoms with Crippen LogP contribution in [-0.2, 0) is 23.8 Å². The van der Waals surface area contributed by atoms with Gasteiger partial charge in [-0.25, -0.2) is 4.79 Å². The van der Waals surface area contributed by atoms with Gasteiger partial charge in [0.05, 0.1) is 13.2 Å². The van der Waals surface area contributed by atoms with Crippen LogP contribution in [0.4, 0.5) is 0 Å². The first-order valence-corrected chi connectivity index (χ1v) is 6.63. The van der Waals surface area contributed by atoms with Crippen LogP contribution in [0, 0.1) is 5.41 Å². The first-order chi connectivity index (χ1) is 9.18. The minimum absolute atomic E-state index is 0.293. The molecule has 1 aliphatic rings. The Labute approximate surface area is 119 Å². The third-order valence-electron chi connectivity index (χ3n) is 2.87. The highest BCUT2D eigenvalue weighted by Gasteiger charge is 2.45. The number of carbonyl (C=O) groups excluding carboxylic acids is 2. The Hall–Kier alpha value is -1.40. The summed E-state index contributed by atoms with van der Waals surface area (Å²) >= 11 is 0. The third kappa shape index (κ3) is 4.61. The van der Waals surface area contributed by atoms with E-state index in [1.165, 1.54) is 12.3 Å². The molecule has 0 radical (unpaired) electrons. The summed E-state index contributed by atoms with van der Waals surface area (Å²) in [5.74, 6) is -1.62. The standard InChI is InChI=1S/C14H23NO5/c1-6-18-10(16)7-8-15-12(17)11-13(2,3)9-19-14(4,5)20-11/h7-8,11H,6,9H2,1-5H3,(H,15,17)/b8-7+/t11-/m0/s1. The summed E-state index contributed by atoms with van der Waals surface area (Å²) in [5.41, 5.74) is -0.447. The van der Waals surface area contributed by atoms with Crippen LogP contribution in [-0.4, -0.2) is 37.0 Å². The number of esters is 1. The molecule has 1 heterocycles. The third-order valence-corrected chi connectivity index (χ3v) is 2.87. The highest BCUT2D eigenvalue weighted by atomic mass is 16.7. The van der Waals surface area contributed by atoms with E-state index in [0.717, 1.165) is 0 Å². The largest absolute Gasteiger partial charge is 0.463 e. The molecule has 0 unspecified atom stereocenters. The molecule has 1 aliphatic heterocycles. The van der Waals surface area contributed by atoms with E-state index < -0.39 is 23.3 Å². The quantitative estimate of drug-likeness (QED) is 0.623. The van der Waals surface area contributed by atoms with E-state index >= 15 is 0 Å². The second kappa shape index (κ2) is 6.37. The average molecular weight is 285 g/mol. The first-order valence-electron chi connectivity index (χ1n) is 6.63. The molecular formula is C14H23NO5. The lowest BCUT2D eigenvalue weighted by Crippen LogP contribution is -2.55. The Balaban J connectivity index is 2.63. The number of hydrogen-bond acceptors (Lipinski definition) is 5. The zero-order valence-electron chi connectivity index (χ0n) is 12.7. The fraction of sp³-hybridized carbons (Fsp3) is 0.714. The topological polar surface area (TPSA) is 73.9 Å². The molecule has 20 heavy (non-hydrogen) atoms. The molecule has 0 saturated carbocycles. The van der Waals surface area contributed by atoms with Gasteiger partial charge in [-0.3, -0.25) is 4.79 Å². The molecule has 1 atom stereocenters. The van der Waals surface area contributed by atoms with Crippen molar-refractivity contribution in [3.05, 3.63) is 12.3 Å². The molecule has 1 rings (SSSR count). The first kappa shape index (κ1) is 16.7. The number of nitrogens with one attached hydrogen (secondary N) is 1. The van der Waals surface area contributed by atoms with Gasteiger partial charge >= 0.3 is 5.97 Å². The van der Waals surface area contributed by atoms with Gasteiger partial charge in [-0.1, -0.05) is 13.8 Å². The molecule has 1 saturated heterocycles. The number of carbonyl (C=O) groups is 2. The van der Waals surface area contributed by atoms with Crippen LogP contribution in [0.5, 0.6) is 0 Å². The van der Waals surface area contributed by atoms with E-state index in [0.29, 0.717) is 13.2 Å². The van der Waals surface area contributed by atoms with Crippen molar-refractivity contribution < 1.29 is 23.8 Å². The zero-order valence-corrected chi connectivity index (χ0v) is 12.7. The van der Waals surface area contributed by atoms with Crippen molar-refractivity contribution in [2.75, 3.05) is 13.2 Å². The van der Waals surface area contributed by atoms with Crippen LogP contribution in [0.3, 0.4) is 0 Å². The number of rotatable bonds is 4. The Morgan fingerprint density at radius 1 is 1.35 bits per heavy atom. The summed E-state index contributed by atoms with van der Waals surface area (Å²) in [4.78, 5) is 23.3. The summed E-state index contributed by atoms with van der Waals surface area (Å²) in [6.45, 7) is 9.73. The van der Waals surface area contributed by atoms with E-state index in [2.05, 4.69) is 5.32 Å². The van der Waals surface area contributed by atoms with Crippen molar-refractivity contribution in [3.63, 3.8) is 0 Å². The van der Waals surface area contributed by atoms with Gasteiger partial charge < -0.3 is 19.5 Å². The molecule has 0 spiro atoms. The van der Waals surface area contributed by atoms with Crippen LogP contribution in [0.15, 0.2) is 12.3 Å². The molecule has 0 bridgehead atoms. The maximum absolute atomic E-state index is 12.1. The summed E-state index contributed by atoms with van der Waals surface area (Å²) < 4.78 is 15.9. The minimum atomic E-state index is -0.803. The Kier molecular flexibility index (Phi) is 5.30. The smallest absolute Gasteiger partial charge is 0.332 e. The molecule has 0 aromatic rings. The maximum Gasteiger partial charge on any atom is 0.332 e. The number of ether oxygens (including phenoxy) is 3. The van der Waals surface area contributed by atoms with Crippen molar-refractivity contribution in [1.29, 1.82) is 0 Å². The molecule has 0 aliphatic carbocycles. The molecule has 1 fully saturated rings. The summed E-state index contributed by atoms with van der Waals surface area (Å²) in [5, 5.41) is 2.53. The highest BCUT2D eigenvalue weighted by molar-refractivity contribution is 5.85. The molecule has 0 aromatic heterocycles. The second-order valence-corrected chi connectivity index (χ2v) is 5.77. The zero-order chi connectivity index (χ0) is 15.4. The van der Waals surface area contributed by atoms with Crippen LogP contribution in [0.2, 0.25) is 0 Å². The van der Waals surface area contributed by atoms with Gasteiger partial charge in [0.2, 0.25) is 0 Å². The van der Waals surface area contributed by atoms with E-state index in [-0.39, 0.29) is 5.91 Å². The Morgan fingerprint density at radius 2 is 2.00 bits per heavy atom. The minimum Gasteiger partial charge on any atom is -0.463 e. The molecule has 6 heteroatoms. The van der Waals surface area contributed by atoms with Gasteiger partial charge in [0.15, 0.2) is 5.79 Å². The van der Waals surface area contributed by atoms with Gasteiger partial charge in [-0.15, -0.1) is 0 Å². The van der Waals surface area contributed by atoms with Gasteiger partial charge in [-0.2, -0.15) is 0 Å². The maximum atomic E-state index is 12.1. The lowest BCUT2D eigenvalue weighted by atomic mass is 9.85. The monoisotopic (exact) mass is 285 g/mol. The summed E-state index contributed by atoms with van der Waals surface area (Å²) in [7, 11) is 0. The molecule has 0 aromatic carbocycles. The highest BCUT2D eigenvalue weighted by Crippen LogP contribution is 2.34. The second-order valence-electron chi connectivity index (χ2n) is 5.77. The number of hydrogen-bond donors (Lipinski definition) is 1.